The number of nitrogens with one attached hydrogen (secondary N) is 1. The molecule has 1 fully saturated rings. The molecule has 1 N–H and O–H groups in total. The number of aryl methyl sites for hydroxylation is 1. The van der Waals surface area contributed by atoms with E-state index in [0.717, 1.165) is 12.3 Å². The first-order valence-electron chi connectivity index (χ1n) is 7.27. The van der Waals surface area contributed by atoms with Gasteiger partial charge in [0.25, 0.3) is 15.9 Å². The Balaban J connectivity index is 1.70. The zero-order chi connectivity index (χ0) is 17.3. The number of hydrogen-bond donors (Lipinski definition) is 1. The molecule has 1 heterocycles. The number of rotatable bonds is 6. The van der Waals surface area contributed by atoms with Gasteiger partial charge in [-0.2, -0.15) is 0 Å². The number of aromatic nitrogens is 3. The summed E-state index contributed by atoms with van der Waals surface area (Å²) in [7, 11) is -4.09. The lowest BCUT2D eigenvalue weighted by molar-refractivity contribution is 0.0976. The van der Waals surface area contributed by atoms with Crippen molar-refractivity contribution < 1.29 is 13.2 Å². The molecule has 128 valence electrons. The second kappa shape index (κ2) is 6.81. The lowest BCUT2D eigenvalue weighted by Gasteiger charge is -2.07. The molecule has 0 aliphatic heterocycles. The third kappa shape index (κ3) is 4.14. The quantitative estimate of drug-likeness (QED) is 0.756. The summed E-state index contributed by atoms with van der Waals surface area (Å²) in [6, 6.07) is 4.28. The lowest BCUT2D eigenvalue weighted by atomic mass is 10.3. The average Bonchev–Trinajstić information content (AvgIpc) is 3.20. The summed E-state index contributed by atoms with van der Waals surface area (Å²) in [5, 5.41) is 7.58. The number of amides is 1. The SMILES string of the molecule is O=C(NS(=O)(=O)c1ccc(Br)cc1Cl)c1cn(CCC2CC2)nn1. The van der Waals surface area contributed by atoms with E-state index in [0.29, 0.717) is 11.0 Å². The van der Waals surface area contributed by atoms with Crippen LogP contribution in [-0.2, 0) is 16.6 Å². The van der Waals surface area contributed by atoms with Crippen molar-refractivity contribution in [2.75, 3.05) is 0 Å². The maximum absolute atomic E-state index is 12.3. The summed E-state index contributed by atoms with van der Waals surface area (Å²) in [5.74, 6) is -0.113. The third-order valence-electron chi connectivity index (χ3n) is 3.65. The molecule has 1 aromatic carbocycles. The van der Waals surface area contributed by atoms with Crippen LogP contribution < -0.4 is 4.72 Å². The van der Waals surface area contributed by atoms with Crippen molar-refractivity contribution in [3.8, 4) is 0 Å². The first-order chi connectivity index (χ1) is 11.3. The second-order valence-electron chi connectivity index (χ2n) is 5.61. The van der Waals surface area contributed by atoms with Gasteiger partial charge in [0.05, 0.1) is 11.2 Å². The van der Waals surface area contributed by atoms with Crippen LogP contribution in [0.15, 0.2) is 33.8 Å². The van der Waals surface area contributed by atoms with Gasteiger partial charge in [-0.15, -0.1) is 5.10 Å². The molecule has 0 spiro atoms. The summed E-state index contributed by atoms with van der Waals surface area (Å²) in [4.78, 5) is 11.9. The molecular formula is C14H14BrClN4O3S. The van der Waals surface area contributed by atoms with Crippen molar-refractivity contribution in [1.29, 1.82) is 0 Å². The molecule has 7 nitrogen and oxygen atoms in total. The van der Waals surface area contributed by atoms with Crippen LogP contribution in [-0.4, -0.2) is 29.3 Å². The minimum Gasteiger partial charge on any atom is -0.266 e. The topological polar surface area (TPSA) is 94.0 Å². The highest BCUT2D eigenvalue weighted by Gasteiger charge is 2.24. The van der Waals surface area contributed by atoms with E-state index in [4.69, 9.17) is 11.6 Å². The Hall–Kier alpha value is -1.45. The van der Waals surface area contributed by atoms with Crippen molar-refractivity contribution in [1.82, 2.24) is 19.7 Å². The molecule has 0 bridgehead atoms. The zero-order valence-corrected chi connectivity index (χ0v) is 15.6. The maximum atomic E-state index is 12.3. The van der Waals surface area contributed by atoms with Crippen LogP contribution in [0.1, 0.15) is 29.8 Å². The predicted molar refractivity (Wildman–Crippen MR) is 91.2 cm³/mol. The second-order valence-corrected chi connectivity index (χ2v) is 8.58. The van der Waals surface area contributed by atoms with Crippen molar-refractivity contribution >= 4 is 43.5 Å². The van der Waals surface area contributed by atoms with E-state index in [9.17, 15) is 13.2 Å². The number of hydrogen-bond acceptors (Lipinski definition) is 5. The van der Waals surface area contributed by atoms with Crippen LogP contribution >= 0.6 is 27.5 Å². The molecule has 10 heteroatoms. The van der Waals surface area contributed by atoms with Gasteiger partial charge in [-0.1, -0.05) is 45.6 Å². The van der Waals surface area contributed by atoms with Crippen molar-refractivity contribution in [3.05, 3.63) is 39.6 Å². The summed E-state index contributed by atoms with van der Waals surface area (Å²) in [5.41, 5.74) is -0.0531. The molecule has 1 amide bonds. The standard InChI is InChI=1S/C14H14BrClN4O3S/c15-10-3-4-13(11(16)7-10)24(22,23)18-14(21)12-8-20(19-17-12)6-5-9-1-2-9/h3-4,7-9H,1-2,5-6H2,(H,18,21). The molecule has 1 saturated carbocycles. The van der Waals surface area contributed by atoms with Crippen LogP contribution in [0, 0.1) is 5.92 Å². The first kappa shape index (κ1) is 17.4. The highest BCUT2D eigenvalue weighted by atomic mass is 79.9. The van der Waals surface area contributed by atoms with Crippen molar-refractivity contribution in [3.63, 3.8) is 0 Å². The molecular weight excluding hydrogens is 420 g/mol. The zero-order valence-electron chi connectivity index (χ0n) is 12.4. The highest BCUT2D eigenvalue weighted by Crippen LogP contribution is 2.32. The summed E-state index contributed by atoms with van der Waals surface area (Å²) >= 11 is 9.13. The normalized spacial score (nSPS) is 14.6. The first-order valence-corrected chi connectivity index (χ1v) is 9.93. The summed E-state index contributed by atoms with van der Waals surface area (Å²) in [6.07, 6.45) is 4.89. The monoisotopic (exact) mass is 432 g/mol. The lowest BCUT2D eigenvalue weighted by Crippen LogP contribution is -2.31. The number of nitrogens with zero attached hydrogens (tertiary/aromatic N) is 3. The van der Waals surface area contributed by atoms with Crippen LogP contribution in [0.25, 0.3) is 0 Å². The van der Waals surface area contributed by atoms with Crippen LogP contribution in [0.4, 0.5) is 0 Å². The van der Waals surface area contributed by atoms with Gasteiger partial charge in [0.15, 0.2) is 5.69 Å². The molecule has 1 aliphatic carbocycles. The average molecular weight is 434 g/mol. The van der Waals surface area contributed by atoms with Gasteiger partial charge < -0.3 is 0 Å². The molecule has 3 rings (SSSR count). The number of benzene rings is 1. The molecule has 0 atom stereocenters. The van der Waals surface area contributed by atoms with Crippen molar-refractivity contribution in [2.24, 2.45) is 5.92 Å². The Labute approximate surface area is 152 Å². The maximum Gasteiger partial charge on any atom is 0.287 e. The smallest absolute Gasteiger partial charge is 0.266 e. The molecule has 0 unspecified atom stereocenters. The van der Waals surface area contributed by atoms with E-state index in [2.05, 4.69) is 26.2 Å². The minimum atomic E-state index is -4.09. The largest absolute Gasteiger partial charge is 0.287 e. The van der Waals surface area contributed by atoms with Gasteiger partial charge in [-0.05, 0) is 30.5 Å². The van der Waals surface area contributed by atoms with E-state index >= 15 is 0 Å². The fourth-order valence-electron chi connectivity index (χ4n) is 2.16. The highest BCUT2D eigenvalue weighted by molar-refractivity contribution is 9.10. The van der Waals surface area contributed by atoms with Gasteiger partial charge in [0.2, 0.25) is 0 Å². The molecule has 0 saturated heterocycles. The van der Waals surface area contributed by atoms with Gasteiger partial charge >= 0.3 is 0 Å². The van der Waals surface area contributed by atoms with Crippen LogP contribution in [0.3, 0.4) is 0 Å². The number of carbonyl (C=O) groups is 1. The van der Waals surface area contributed by atoms with Crippen LogP contribution in [0.2, 0.25) is 5.02 Å². The van der Waals surface area contributed by atoms with Gasteiger partial charge in [-0.3, -0.25) is 9.48 Å². The predicted octanol–water partition coefficient (Wildman–Crippen LogP) is 2.61. The van der Waals surface area contributed by atoms with E-state index in [1.807, 2.05) is 4.72 Å². The van der Waals surface area contributed by atoms with Gasteiger partial charge in [0.1, 0.15) is 4.90 Å². The Bertz CT molecular complexity index is 880. The number of sulfonamides is 1. The van der Waals surface area contributed by atoms with Crippen molar-refractivity contribution in [2.45, 2.75) is 30.7 Å². The Morgan fingerprint density at radius 2 is 2.17 bits per heavy atom. The fraction of sp³-hybridized carbons (Fsp3) is 0.357. The number of halogens is 2. The van der Waals surface area contributed by atoms with Crippen LogP contribution in [0.5, 0.6) is 0 Å². The molecule has 2 aromatic rings. The van der Waals surface area contributed by atoms with E-state index in [1.54, 1.807) is 4.68 Å². The minimum absolute atomic E-state index is 0.0118. The Kier molecular flexibility index (Phi) is 4.93. The van der Waals surface area contributed by atoms with E-state index in [-0.39, 0.29) is 15.6 Å². The van der Waals surface area contributed by atoms with Gasteiger partial charge in [0, 0.05) is 11.0 Å². The molecule has 0 radical (unpaired) electrons. The van der Waals surface area contributed by atoms with Gasteiger partial charge in [-0.25, -0.2) is 13.1 Å². The fourth-order valence-corrected chi connectivity index (χ4v) is 4.16. The Morgan fingerprint density at radius 3 is 2.83 bits per heavy atom. The Morgan fingerprint density at radius 1 is 1.42 bits per heavy atom. The number of carbonyl (C=O) groups excluding carboxylic acids is 1. The summed E-state index contributed by atoms with van der Waals surface area (Å²) in [6.45, 7) is 0.663. The third-order valence-corrected chi connectivity index (χ3v) is 5.95. The van der Waals surface area contributed by atoms with E-state index < -0.39 is 15.9 Å². The van der Waals surface area contributed by atoms with E-state index in [1.165, 1.54) is 37.2 Å². The molecule has 1 aromatic heterocycles. The summed E-state index contributed by atoms with van der Waals surface area (Å²) < 4.78 is 28.7. The molecule has 1 aliphatic rings. The molecule has 24 heavy (non-hydrogen) atoms.